The first-order valence-corrected chi connectivity index (χ1v) is 7.27. The highest BCUT2D eigenvalue weighted by molar-refractivity contribution is 14.1. The molecule has 0 aliphatic heterocycles. The van der Waals surface area contributed by atoms with Gasteiger partial charge >= 0.3 is 6.09 Å². The highest BCUT2D eigenvalue weighted by Crippen LogP contribution is 2.28. The summed E-state index contributed by atoms with van der Waals surface area (Å²) in [5.41, 5.74) is 0.820. The maximum absolute atomic E-state index is 12.4. The molecule has 0 radical (unpaired) electrons. The predicted octanol–water partition coefficient (Wildman–Crippen LogP) is 3.74. The zero-order valence-electron chi connectivity index (χ0n) is 12.2. The third-order valence-electron chi connectivity index (χ3n) is 2.74. The van der Waals surface area contributed by atoms with Crippen LogP contribution in [0.4, 0.5) is 4.79 Å². The summed E-state index contributed by atoms with van der Waals surface area (Å²) >= 11 is 2.21. The number of carbonyl (C=O) groups excluding carboxylic acids is 1. The molecule has 0 saturated carbocycles. The van der Waals surface area contributed by atoms with Crippen LogP contribution in [0.5, 0.6) is 5.88 Å². The number of hydrogen-bond acceptors (Lipinski definition) is 4. The van der Waals surface area contributed by atoms with E-state index in [2.05, 4.69) is 27.6 Å². The number of pyridine rings is 1. The maximum Gasteiger partial charge on any atom is 0.420 e. The minimum atomic E-state index is -0.551. The van der Waals surface area contributed by atoms with Gasteiger partial charge in [-0.2, -0.15) is 4.98 Å². The molecule has 0 unspecified atom stereocenters. The van der Waals surface area contributed by atoms with Gasteiger partial charge in [0.2, 0.25) is 5.88 Å². The average Bonchev–Trinajstić information content (AvgIpc) is 2.59. The molecule has 108 valence electrons. The van der Waals surface area contributed by atoms with Crippen molar-refractivity contribution in [3.63, 3.8) is 0 Å². The minimum Gasteiger partial charge on any atom is -0.481 e. The molecule has 0 aliphatic rings. The van der Waals surface area contributed by atoms with Gasteiger partial charge in [-0.05, 0) is 56.4 Å². The van der Waals surface area contributed by atoms with Crippen molar-refractivity contribution in [1.82, 2.24) is 9.55 Å². The van der Waals surface area contributed by atoms with Crippen molar-refractivity contribution in [3.8, 4) is 5.88 Å². The van der Waals surface area contributed by atoms with Crippen molar-refractivity contribution < 1.29 is 14.3 Å². The van der Waals surface area contributed by atoms with Gasteiger partial charge in [-0.25, -0.2) is 9.36 Å². The first kappa shape index (κ1) is 15.1. The molecule has 0 spiro atoms. The highest BCUT2D eigenvalue weighted by Gasteiger charge is 2.24. The van der Waals surface area contributed by atoms with E-state index in [9.17, 15) is 4.79 Å². The fourth-order valence-corrected chi connectivity index (χ4v) is 2.53. The van der Waals surface area contributed by atoms with Crippen LogP contribution in [0.15, 0.2) is 12.1 Å². The fraction of sp³-hybridized carbons (Fsp3) is 0.429. The van der Waals surface area contributed by atoms with Gasteiger partial charge in [0.1, 0.15) is 5.60 Å². The number of rotatable bonds is 1. The van der Waals surface area contributed by atoms with Crippen LogP contribution in [0, 0.1) is 10.5 Å². The van der Waals surface area contributed by atoms with E-state index in [-0.39, 0.29) is 0 Å². The molecule has 6 heteroatoms. The van der Waals surface area contributed by atoms with Crippen LogP contribution in [0.3, 0.4) is 0 Å². The normalized spacial score (nSPS) is 11.7. The Morgan fingerprint density at radius 1 is 1.35 bits per heavy atom. The topological polar surface area (TPSA) is 53.4 Å². The van der Waals surface area contributed by atoms with Crippen LogP contribution < -0.4 is 4.74 Å². The van der Waals surface area contributed by atoms with Gasteiger partial charge in [0.05, 0.1) is 7.11 Å². The molecule has 0 bridgehead atoms. The Kier molecular flexibility index (Phi) is 3.95. The molecule has 0 saturated heterocycles. The Labute approximate surface area is 131 Å². The number of methoxy groups -OCH3 is 1. The molecule has 2 rings (SSSR count). The van der Waals surface area contributed by atoms with Crippen LogP contribution in [-0.2, 0) is 4.74 Å². The zero-order chi connectivity index (χ0) is 15.1. The van der Waals surface area contributed by atoms with E-state index in [4.69, 9.17) is 9.47 Å². The van der Waals surface area contributed by atoms with Crippen LogP contribution >= 0.6 is 22.6 Å². The van der Waals surface area contributed by atoms with Gasteiger partial charge in [-0.3, -0.25) is 0 Å². The molecule has 0 aliphatic carbocycles. The Bertz CT molecular complexity index is 671. The molecule has 2 aromatic heterocycles. The maximum atomic E-state index is 12.4. The standard InChI is InChI=1S/C14H17IN2O3/c1-8-11(15)9-6-7-10(19-5)16-12(9)17(8)13(18)20-14(2,3)4/h6-7H,1-5H3. The summed E-state index contributed by atoms with van der Waals surface area (Å²) in [5, 5.41) is 0.912. The Hall–Kier alpha value is -1.31. The van der Waals surface area contributed by atoms with Gasteiger partial charge in [0.15, 0.2) is 5.65 Å². The lowest BCUT2D eigenvalue weighted by molar-refractivity contribution is 0.0540. The van der Waals surface area contributed by atoms with Crippen molar-refractivity contribution in [2.45, 2.75) is 33.3 Å². The van der Waals surface area contributed by atoms with Crippen LogP contribution in [0.25, 0.3) is 11.0 Å². The van der Waals surface area contributed by atoms with E-state index < -0.39 is 11.7 Å². The van der Waals surface area contributed by atoms with Crippen molar-refractivity contribution in [3.05, 3.63) is 21.4 Å². The average molecular weight is 388 g/mol. The lowest BCUT2D eigenvalue weighted by Gasteiger charge is -2.20. The summed E-state index contributed by atoms with van der Waals surface area (Å²) in [4.78, 5) is 16.7. The molecule has 0 aromatic carbocycles. The number of aromatic nitrogens is 2. The second-order valence-corrected chi connectivity index (χ2v) is 6.52. The summed E-state index contributed by atoms with van der Waals surface area (Å²) in [6.45, 7) is 7.39. The monoisotopic (exact) mass is 388 g/mol. The molecule has 5 nitrogen and oxygen atoms in total. The number of halogens is 1. The summed E-state index contributed by atoms with van der Waals surface area (Å²) < 4.78 is 13.0. The summed E-state index contributed by atoms with van der Waals surface area (Å²) in [5.74, 6) is 0.469. The highest BCUT2D eigenvalue weighted by atomic mass is 127. The number of hydrogen-bond donors (Lipinski definition) is 0. The van der Waals surface area contributed by atoms with Crippen molar-refractivity contribution in [2.75, 3.05) is 7.11 Å². The van der Waals surface area contributed by atoms with Crippen molar-refractivity contribution in [1.29, 1.82) is 0 Å². The van der Waals surface area contributed by atoms with Gasteiger partial charge < -0.3 is 9.47 Å². The Morgan fingerprint density at radius 2 is 2.00 bits per heavy atom. The van der Waals surface area contributed by atoms with Gasteiger partial charge in [-0.1, -0.05) is 0 Å². The largest absolute Gasteiger partial charge is 0.481 e. The van der Waals surface area contributed by atoms with E-state index in [0.29, 0.717) is 11.5 Å². The second kappa shape index (κ2) is 5.23. The third kappa shape index (κ3) is 2.74. The van der Waals surface area contributed by atoms with E-state index in [1.54, 1.807) is 13.2 Å². The summed E-state index contributed by atoms with van der Waals surface area (Å²) in [6.07, 6.45) is -0.427. The van der Waals surface area contributed by atoms with Crippen molar-refractivity contribution >= 4 is 39.7 Å². The predicted molar refractivity (Wildman–Crippen MR) is 85.4 cm³/mol. The fourth-order valence-electron chi connectivity index (χ4n) is 1.87. The molecule has 0 N–H and O–H groups in total. The Morgan fingerprint density at radius 3 is 2.55 bits per heavy atom. The van der Waals surface area contributed by atoms with Gasteiger partial charge in [0, 0.05) is 20.7 Å². The number of fused-ring (bicyclic) bond motifs is 1. The summed E-state index contributed by atoms with van der Waals surface area (Å²) in [6, 6.07) is 3.68. The molecule has 2 heterocycles. The molecular formula is C14H17IN2O3. The van der Waals surface area contributed by atoms with Crippen LogP contribution in [0.1, 0.15) is 26.5 Å². The minimum absolute atomic E-state index is 0.427. The number of nitrogens with zero attached hydrogens (tertiary/aromatic N) is 2. The molecular weight excluding hydrogens is 371 g/mol. The van der Waals surface area contributed by atoms with Crippen LogP contribution in [-0.4, -0.2) is 28.4 Å². The first-order chi connectivity index (χ1) is 9.24. The second-order valence-electron chi connectivity index (χ2n) is 5.44. The third-order valence-corrected chi connectivity index (χ3v) is 4.10. The molecule has 2 aromatic rings. The van der Waals surface area contributed by atoms with E-state index >= 15 is 0 Å². The lowest BCUT2D eigenvalue weighted by Crippen LogP contribution is -2.27. The van der Waals surface area contributed by atoms with E-state index in [1.807, 2.05) is 33.8 Å². The zero-order valence-corrected chi connectivity index (χ0v) is 14.3. The van der Waals surface area contributed by atoms with Crippen molar-refractivity contribution in [2.24, 2.45) is 0 Å². The lowest BCUT2D eigenvalue weighted by atomic mass is 10.2. The first-order valence-electron chi connectivity index (χ1n) is 6.19. The van der Waals surface area contributed by atoms with Gasteiger partial charge in [-0.15, -0.1) is 0 Å². The quantitative estimate of drug-likeness (QED) is 0.699. The van der Waals surface area contributed by atoms with Gasteiger partial charge in [0.25, 0.3) is 0 Å². The molecule has 20 heavy (non-hydrogen) atoms. The van der Waals surface area contributed by atoms with Crippen LogP contribution in [0.2, 0.25) is 0 Å². The van der Waals surface area contributed by atoms with E-state index in [1.165, 1.54) is 4.57 Å². The molecule has 0 amide bonds. The smallest absolute Gasteiger partial charge is 0.420 e. The van der Waals surface area contributed by atoms with E-state index in [0.717, 1.165) is 14.7 Å². The SMILES string of the molecule is COc1ccc2c(I)c(C)n(C(=O)OC(C)(C)C)c2n1. The Balaban J connectivity index is 2.62. The number of carbonyl (C=O) groups is 1. The number of ether oxygens (including phenoxy) is 2. The summed E-state index contributed by atoms with van der Waals surface area (Å²) in [7, 11) is 1.55. The molecule has 0 fully saturated rings. The molecule has 0 atom stereocenters.